The normalized spacial score (nSPS) is 12.6. The molecule has 0 spiro atoms. The molecule has 0 amide bonds. The molecular weight excluding hydrogens is 246 g/mol. The fourth-order valence-electron chi connectivity index (χ4n) is 2.26. The highest BCUT2D eigenvalue weighted by molar-refractivity contribution is 5.17. The van der Waals surface area contributed by atoms with E-state index in [4.69, 9.17) is 0 Å². The van der Waals surface area contributed by atoms with Gasteiger partial charge in [-0.1, -0.05) is 60.7 Å². The zero-order valence-corrected chi connectivity index (χ0v) is 12.1. The highest BCUT2D eigenvalue weighted by Crippen LogP contribution is 2.16. The monoisotopic (exact) mass is 269 g/mol. The van der Waals surface area contributed by atoms with Gasteiger partial charge >= 0.3 is 0 Å². The number of nitrogens with zero attached hydrogens (tertiary/aromatic N) is 1. The van der Waals surface area contributed by atoms with E-state index in [9.17, 15) is 5.11 Å². The lowest BCUT2D eigenvalue weighted by molar-refractivity contribution is 0.149. The summed E-state index contributed by atoms with van der Waals surface area (Å²) in [4.78, 5) is 2.28. The predicted molar refractivity (Wildman–Crippen MR) is 83.7 cm³/mol. The van der Waals surface area contributed by atoms with Crippen LogP contribution in [0.15, 0.2) is 60.7 Å². The third kappa shape index (κ3) is 4.80. The van der Waals surface area contributed by atoms with Crippen LogP contribution in [0.4, 0.5) is 0 Å². The van der Waals surface area contributed by atoms with Gasteiger partial charge in [-0.15, -0.1) is 0 Å². The van der Waals surface area contributed by atoms with Gasteiger partial charge < -0.3 is 10.0 Å². The van der Waals surface area contributed by atoms with Crippen LogP contribution in [0.5, 0.6) is 0 Å². The Labute approximate surface area is 121 Å². The Morgan fingerprint density at radius 1 is 0.900 bits per heavy atom. The summed E-state index contributed by atoms with van der Waals surface area (Å²) in [5, 5.41) is 10.1. The zero-order valence-electron chi connectivity index (χ0n) is 12.1. The Balaban J connectivity index is 1.71. The Kier molecular flexibility index (Phi) is 5.78. The first kappa shape index (κ1) is 14.8. The van der Waals surface area contributed by atoms with Crippen molar-refractivity contribution in [1.29, 1.82) is 0 Å². The smallest absolute Gasteiger partial charge is 0.0802 e. The average Bonchev–Trinajstić information content (AvgIpc) is 2.52. The van der Waals surface area contributed by atoms with Gasteiger partial charge in [0.25, 0.3) is 0 Å². The standard InChI is InChI=1S/C18H23NO/c1-19(14-12-16-8-4-2-5-9-16)15-13-18(20)17-10-6-3-7-11-17/h2-11,18,20H,12-15H2,1H3. The fraction of sp³-hybridized carbons (Fsp3) is 0.333. The van der Waals surface area contributed by atoms with Crippen molar-refractivity contribution in [2.75, 3.05) is 20.1 Å². The average molecular weight is 269 g/mol. The van der Waals surface area contributed by atoms with Crippen LogP contribution in [-0.4, -0.2) is 30.1 Å². The molecule has 0 bridgehead atoms. The third-order valence-electron chi connectivity index (χ3n) is 3.59. The van der Waals surface area contributed by atoms with Crippen molar-refractivity contribution in [2.24, 2.45) is 0 Å². The second kappa shape index (κ2) is 7.83. The molecule has 2 nitrogen and oxygen atoms in total. The summed E-state index contributed by atoms with van der Waals surface area (Å²) in [6, 6.07) is 20.4. The summed E-state index contributed by atoms with van der Waals surface area (Å²) in [5.74, 6) is 0. The van der Waals surface area contributed by atoms with E-state index in [1.54, 1.807) is 0 Å². The Hall–Kier alpha value is -1.64. The number of likely N-dealkylation sites (N-methyl/N-ethyl adjacent to an activating group) is 1. The molecule has 0 radical (unpaired) electrons. The van der Waals surface area contributed by atoms with Crippen LogP contribution < -0.4 is 0 Å². The fourth-order valence-corrected chi connectivity index (χ4v) is 2.26. The summed E-state index contributed by atoms with van der Waals surface area (Å²) in [7, 11) is 2.11. The molecule has 0 heterocycles. The summed E-state index contributed by atoms with van der Waals surface area (Å²) in [5.41, 5.74) is 2.37. The van der Waals surface area contributed by atoms with Crippen LogP contribution in [-0.2, 0) is 6.42 Å². The second-order valence-corrected chi connectivity index (χ2v) is 5.25. The van der Waals surface area contributed by atoms with Gasteiger partial charge in [-0.25, -0.2) is 0 Å². The van der Waals surface area contributed by atoms with E-state index in [2.05, 4.69) is 36.2 Å². The van der Waals surface area contributed by atoms with Crippen LogP contribution in [0, 0.1) is 0 Å². The van der Waals surface area contributed by atoms with Gasteiger partial charge in [0, 0.05) is 13.1 Å². The summed E-state index contributed by atoms with van der Waals surface area (Å²) < 4.78 is 0. The molecule has 0 saturated heterocycles. The van der Waals surface area contributed by atoms with Crippen molar-refractivity contribution in [2.45, 2.75) is 18.9 Å². The number of benzene rings is 2. The lowest BCUT2D eigenvalue weighted by atomic mass is 10.1. The minimum atomic E-state index is -0.365. The molecule has 20 heavy (non-hydrogen) atoms. The van der Waals surface area contributed by atoms with Gasteiger partial charge in [0.15, 0.2) is 0 Å². The molecule has 106 valence electrons. The minimum Gasteiger partial charge on any atom is -0.388 e. The van der Waals surface area contributed by atoms with Crippen LogP contribution in [0.25, 0.3) is 0 Å². The molecule has 1 atom stereocenters. The zero-order chi connectivity index (χ0) is 14.2. The first-order valence-corrected chi connectivity index (χ1v) is 7.21. The van der Waals surface area contributed by atoms with E-state index >= 15 is 0 Å². The first-order chi connectivity index (χ1) is 9.75. The van der Waals surface area contributed by atoms with Crippen molar-refractivity contribution in [3.8, 4) is 0 Å². The van der Waals surface area contributed by atoms with Crippen molar-refractivity contribution >= 4 is 0 Å². The molecule has 0 aromatic heterocycles. The molecule has 2 rings (SSSR count). The van der Waals surface area contributed by atoms with E-state index in [-0.39, 0.29) is 6.10 Å². The lowest BCUT2D eigenvalue weighted by Crippen LogP contribution is -2.23. The van der Waals surface area contributed by atoms with Crippen molar-refractivity contribution in [3.63, 3.8) is 0 Å². The molecule has 0 aliphatic carbocycles. The maximum absolute atomic E-state index is 10.1. The molecule has 0 saturated carbocycles. The van der Waals surface area contributed by atoms with Gasteiger partial charge in [0.2, 0.25) is 0 Å². The summed E-state index contributed by atoms with van der Waals surface area (Å²) in [6.45, 7) is 1.93. The molecule has 2 aromatic rings. The Bertz CT molecular complexity index is 483. The summed E-state index contributed by atoms with van der Waals surface area (Å²) in [6.07, 6.45) is 1.46. The number of hydrogen-bond acceptors (Lipinski definition) is 2. The number of hydrogen-bond donors (Lipinski definition) is 1. The molecule has 2 aromatic carbocycles. The van der Waals surface area contributed by atoms with Gasteiger partial charge in [0.05, 0.1) is 6.10 Å². The van der Waals surface area contributed by atoms with Gasteiger partial charge in [-0.05, 0) is 31.0 Å². The highest BCUT2D eigenvalue weighted by atomic mass is 16.3. The first-order valence-electron chi connectivity index (χ1n) is 7.21. The van der Waals surface area contributed by atoms with Gasteiger partial charge in [0.1, 0.15) is 0 Å². The van der Waals surface area contributed by atoms with Crippen LogP contribution in [0.1, 0.15) is 23.7 Å². The van der Waals surface area contributed by atoms with E-state index < -0.39 is 0 Å². The number of aliphatic hydroxyl groups excluding tert-OH is 1. The van der Waals surface area contributed by atoms with E-state index in [1.807, 2.05) is 36.4 Å². The molecule has 0 aliphatic heterocycles. The predicted octanol–water partition coefficient (Wildman–Crippen LogP) is 3.28. The van der Waals surface area contributed by atoms with E-state index in [0.29, 0.717) is 0 Å². The molecule has 2 heteroatoms. The lowest BCUT2D eigenvalue weighted by Gasteiger charge is -2.19. The van der Waals surface area contributed by atoms with Crippen molar-refractivity contribution in [1.82, 2.24) is 4.90 Å². The largest absolute Gasteiger partial charge is 0.388 e. The van der Waals surface area contributed by atoms with Gasteiger partial charge in [-0.3, -0.25) is 0 Å². The maximum Gasteiger partial charge on any atom is 0.0802 e. The van der Waals surface area contributed by atoms with Crippen LogP contribution >= 0.6 is 0 Å². The molecule has 0 fully saturated rings. The Morgan fingerprint density at radius 3 is 2.15 bits per heavy atom. The van der Waals surface area contributed by atoms with Crippen LogP contribution in [0.2, 0.25) is 0 Å². The molecule has 0 aliphatic rings. The quantitative estimate of drug-likeness (QED) is 0.834. The molecule has 1 N–H and O–H groups in total. The molecular formula is C18H23NO. The Morgan fingerprint density at radius 2 is 1.50 bits per heavy atom. The van der Waals surface area contributed by atoms with E-state index in [0.717, 1.165) is 31.5 Å². The van der Waals surface area contributed by atoms with Gasteiger partial charge in [-0.2, -0.15) is 0 Å². The van der Waals surface area contributed by atoms with Crippen molar-refractivity contribution < 1.29 is 5.11 Å². The number of rotatable bonds is 7. The van der Waals surface area contributed by atoms with E-state index in [1.165, 1.54) is 5.56 Å². The molecule has 1 unspecified atom stereocenters. The third-order valence-corrected chi connectivity index (χ3v) is 3.59. The SMILES string of the molecule is CN(CCc1ccccc1)CCC(O)c1ccccc1. The summed E-state index contributed by atoms with van der Waals surface area (Å²) >= 11 is 0. The maximum atomic E-state index is 10.1. The second-order valence-electron chi connectivity index (χ2n) is 5.25. The highest BCUT2D eigenvalue weighted by Gasteiger charge is 2.08. The minimum absolute atomic E-state index is 0.365. The van der Waals surface area contributed by atoms with Crippen LogP contribution in [0.3, 0.4) is 0 Å². The number of aliphatic hydroxyl groups is 1. The topological polar surface area (TPSA) is 23.5 Å². The van der Waals surface area contributed by atoms with Crippen molar-refractivity contribution in [3.05, 3.63) is 71.8 Å².